The largest absolute Gasteiger partial charge is 0.505 e. The summed E-state index contributed by atoms with van der Waals surface area (Å²) in [4.78, 5) is 11.9. The van der Waals surface area contributed by atoms with Crippen molar-refractivity contribution in [2.24, 2.45) is 26.9 Å². The molecule has 0 bridgehead atoms. The second-order valence-electron chi connectivity index (χ2n) is 9.96. The average molecular weight is 512 g/mol. The molecule has 1 aliphatic carbocycles. The number of benzene rings is 3. The number of fused-ring (bicyclic) bond motifs is 1. The third-order valence-corrected chi connectivity index (χ3v) is 6.94. The number of hydrazone groups is 3. The second-order valence-corrected chi connectivity index (χ2v) is 9.96. The van der Waals surface area contributed by atoms with E-state index in [9.17, 15) is 9.90 Å². The number of carbonyl (C=O) groups is 1. The van der Waals surface area contributed by atoms with E-state index in [2.05, 4.69) is 46.7 Å². The van der Waals surface area contributed by atoms with Crippen molar-refractivity contribution in [3.8, 4) is 16.9 Å². The van der Waals surface area contributed by atoms with Crippen LogP contribution in [0, 0.1) is 0 Å². The van der Waals surface area contributed by atoms with E-state index >= 15 is 0 Å². The fraction of sp³-hybridized carbons (Fsp3) is 0.241. The van der Waals surface area contributed by atoms with Crippen molar-refractivity contribution in [2.75, 3.05) is 17.5 Å². The van der Waals surface area contributed by atoms with Gasteiger partial charge in [0.1, 0.15) is 17.3 Å². The van der Waals surface area contributed by atoms with Gasteiger partial charge in [-0.05, 0) is 66.1 Å². The highest BCUT2D eigenvalue weighted by molar-refractivity contribution is 6.61. The van der Waals surface area contributed by atoms with Gasteiger partial charge in [-0.25, -0.2) is 0 Å². The standard InChI is InChI=1S/C29H33N7O2/c1-18(35-36(4)22-12-11-19-13-14-29(2,3)24(19)16-22)26(17-37)34-33-25-10-6-9-23(27(25)38)20-7-5-8-21(15-20)28(30)32-31/h5-12,15-17,33,38H,13-14,31H2,1-4H3,(H2,30,32)/b34-26+,35-18-. The van der Waals surface area contributed by atoms with Crippen LogP contribution in [0.3, 0.4) is 0 Å². The Morgan fingerprint density at radius 3 is 2.63 bits per heavy atom. The molecule has 9 heteroatoms. The number of aromatic hydroxyl groups is 1. The molecule has 9 nitrogen and oxygen atoms in total. The van der Waals surface area contributed by atoms with Crippen LogP contribution < -0.4 is 22.0 Å². The molecule has 3 aromatic carbocycles. The molecule has 4 rings (SSSR count). The maximum absolute atomic E-state index is 11.9. The number of amidine groups is 1. The number of nitrogens with one attached hydrogen (secondary N) is 1. The van der Waals surface area contributed by atoms with Crippen LogP contribution in [0.2, 0.25) is 0 Å². The van der Waals surface area contributed by atoms with Gasteiger partial charge in [0.15, 0.2) is 6.29 Å². The van der Waals surface area contributed by atoms with E-state index < -0.39 is 0 Å². The van der Waals surface area contributed by atoms with Gasteiger partial charge in [-0.15, -0.1) is 0 Å². The Kier molecular flexibility index (Phi) is 7.47. The van der Waals surface area contributed by atoms with Crippen LogP contribution in [0.15, 0.2) is 76.0 Å². The van der Waals surface area contributed by atoms with Gasteiger partial charge in [-0.2, -0.15) is 15.3 Å². The van der Waals surface area contributed by atoms with Gasteiger partial charge in [-0.1, -0.05) is 50.2 Å². The summed E-state index contributed by atoms with van der Waals surface area (Å²) in [6, 6.07) is 18.7. The molecule has 0 aromatic heterocycles. The van der Waals surface area contributed by atoms with Gasteiger partial charge >= 0.3 is 0 Å². The van der Waals surface area contributed by atoms with E-state index in [1.165, 1.54) is 11.1 Å². The monoisotopic (exact) mass is 511 g/mol. The highest BCUT2D eigenvalue weighted by Gasteiger charge is 2.30. The lowest BCUT2D eigenvalue weighted by Gasteiger charge is -2.21. The predicted molar refractivity (Wildman–Crippen MR) is 155 cm³/mol. The highest BCUT2D eigenvalue weighted by atomic mass is 16.3. The van der Waals surface area contributed by atoms with Gasteiger partial charge in [0, 0.05) is 18.2 Å². The Hall–Kier alpha value is -4.66. The number of carbonyl (C=O) groups excluding carboxylic acids is 1. The summed E-state index contributed by atoms with van der Waals surface area (Å²) in [6.07, 6.45) is 2.84. The molecule has 6 N–H and O–H groups in total. The van der Waals surface area contributed by atoms with Crippen LogP contribution in [0.4, 0.5) is 11.4 Å². The molecule has 3 aromatic rings. The highest BCUT2D eigenvalue weighted by Crippen LogP contribution is 2.40. The van der Waals surface area contributed by atoms with Crippen molar-refractivity contribution in [3.63, 3.8) is 0 Å². The number of anilines is 2. The number of nitrogens with zero attached hydrogens (tertiary/aromatic N) is 4. The minimum Gasteiger partial charge on any atom is -0.505 e. The fourth-order valence-corrected chi connectivity index (χ4v) is 4.63. The van der Waals surface area contributed by atoms with E-state index in [0.29, 0.717) is 34.4 Å². The summed E-state index contributed by atoms with van der Waals surface area (Å²) < 4.78 is 0. The smallest absolute Gasteiger partial charge is 0.172 e. The summed E-state index contributed by atoms with van der Waals surface area (Å²) in [7, 11) is 1.84. The van der Waals surface area contributed by atoms with Crippen LogP contribution in [-0.4, -0.2) is 35.7 Å². The van der Waals surface area contributed by atoms with E-state index in [1.54, 1.807) is 48.3 Å². The third kappa shape index (κ3) is 5.36. The molecular formula is C29H33N7O2. The van der Waals surface area contributed by atoms with Crippen molar-refractivity contribution < 1.29 is 9.90 Å². The summed E-state index contributed by atoms with van der Waals surface area (Å²) >= 11 is 0. The number of rotatable bonds is 8. The lowest BCUT2D eigenvalue weighted by Crippen LogP contribution is -2.20. The molecule has 0 aliphatic heterocycles. The zero-order valence-corrected chi connectivity index (χ0v) is 22.1. The minimum atomic E-state index is -0.0330. The molecule has 196 valence electrons. The molecular weight excluding hydrogens is 478 g/mol. The number of hydrogen-bond acceptors (Lipinski definition) is 8. The van der Waals surface area contributed by atoms with Crippen LogP contribution in [0.25, 0.3) is 11.1 Å². The second kappa shape index (κ2) is 10.8. The number of nitrogens with two attached hydrogens (primary N) is 2. The van der Waals surface area contributed by atoms with Crippen LogP contribution >= 0.6 is 0 Å². The van der Waals surface area contributed by atoms with Gasteiger partial charge in [-0.3, -0.25) is 15.2 Å². The first-order chi connectivity index (χ1) is 18.1. The first-order valence-electron chi connectivity index (χ1n) is 12.3. The maximum Gasteiger partial charge on any atom is 0.172 e. The molecule has 1 aliphatic rings. The lowest BCUT2D eigenvalue weighted by molar-refractivity contribution is -0.102. The third-order valence-electron chi connectivity index (χ3n) is 6.94. The van der Waals surface area contributed by atoms with Crippen LogP contribution in [0.5, 0.6) is 5.75 Å². The Bertz CT molecular complexity index is 1460. The summed E-state index contributed by atoms with van der Waals surface area (Å²) in [5.41, 5.74) is 15.2. The zero-order valence-electron chi connectivity index (χ0n) is 22.1. The first-order valence-corrected chi connectivity index (χ1v) is 12.3. The van der Waals surface area contributed by atoms with Crippen molar-refractivity contribution in [1.82, 2.24) is 0 Å². The Morgan fingerprint density at radius 2 is 1.89 bits per heavy atom. The SMILES string of the molecule is CC(=N/N(C)c1ccc2c(c1)C(C)(C)CC2)/C(C=O)=N/Nc1cccc(-c2cccc(/C(N)=N/N)c2)c1O. The zero-order chi connectivity index (χ0) is 27.4. The van der Waals surface area contributed by atoms with Crippen molar-refractivity contribution in [1.29, 1.82) is 0 Å². The molecule has 0 spiro atoms. The van der Waals surface area contributed by atoms with Crippen molar-refractivity contribution >= 4 is 34.9 Å². The summed E-state index contributed by atoms with van der Waals surface area (Å²) in [6.45, 7) is 6.23. The van der Waals surface area contributed by atoms with E-state index in [-0.39, 0.29) is 22.7 Å². The molecule has 0 fully saturated rings. The molecule has 0 heterocycles. The lowest BCUT2D eigenvalue weighted by atomic mass is 9.86. The van der Waals surface area contributed by atoms with Gasteiger partial charge < -0.3 is 16.7 Å². The summed E-state index contributed by atoms with van der Waals surface area (Å²) in [5.74, 6) is 5.45. The van der Waals surface area contributed by atoms with Gasteiger partial charge in [0.25, 0.3) is 0 Å². The first kappa shape index (κ1) is 26.4. The molecule has 0 saturated heterocycles. The molecule has 38 heavy (non-hydrogen) atoms. The topological polar surface area (TPSA) is 142 Å². The fourth-order valence-electron chi connectivity index (χ4n) is 4.63. The number of aryl methyl sites for hydroxylation is 1. The van der Waals surface area contributed by atoms with Gasteiger partial charge in [0.05, 0.1) is 17.1 Å². The minimum absolute atomic E-state index is 0.0330. The van der Waals surface area contributed by atoms with Gasteiger partial charge in [0.2, 0.25) is 0 Å². The summed E-state index contributed by atoms with van der Waals surface area (Å²) in [5, 5.41) is 25.0. The normalized spacial score (nSPS) is 15.2. The molecule has 0 atom stereocenters. The predicted octanol–water partition coefficient (Wildman–Crippen LogP) is 4.34. The number of aldehydes is 1. The van der Waals surface area contributed by atoms with Crippen LogP contribution in [0.1, 0.15) is 43.9 Å². The Labute approximate surface area is 222 Å². The average Bonchev–Trinajstić information content (AvgIpc) is 3.23. The Balaban J connectivity index is 1.56. The quantitative estimate of drug-likeness (QED) is 0.0885. The maximum atomic E-state index is 11.9. The molecule has 0 radical (unpaired) electrons. The Morgan fingerprint density at radius 1 is 1.13 bits per heavy atom. The number of hydrogen-bond donors (Lipinski definition) is 4. The van der Waals surface area contributed by atoms with Crippen molar-refractivity contribution in [2.45, 2.75) is 39.0 Å². The van der Waals surface area contributed by atoms with E-state index in [1.807, 2.05) is 19.2 Å². The molecule has 0 unspecified atom stereocenters. The van der Waals surface area contributed by atoms with E-state index in [4.69, 9.17) is 11.6 Å². The van der Waals surface area contributed by atoms with Crippen molar-refractivity contribution in [3.05, 3.63) is 77.4 Å². The molecule has 0 saturated carbocycles. The number of para-hydroxylation sites is 1. The molecule has 0 amide bonds. The number of phenolic OH excluding ortho intramolecular Hbond substituents is 1. The number of phenols is 1. The van der Waals surface area contributed by atoms with Crippen LogP contribution in [-0.2, 0) is 16.6 Å². The van der Waals surface area contributed by atoms with E-state index in [0.717, 1.165) is 18.5 Å².